The van der Waals surface area contributed by atoms with Gasteiger partial charge in [-0.25, -0.2) is 9.78 Å². The van der Waals surface area contributed by atoms with Crippen LogP contribution < -0.4 is 10.1 Å². The monoisotopic (exact) mass is 670 g/mol. The summed E-state index contributed by atoms with van der Waals surface area (Å²) in [6.45, 7) is 8.71. The Kier molecular flexibility index (Phi) is 8.58. The summed E-state index contributed by atoms with van der Waals surface area (Å²) >= 11 is 3.62. The molecule has 0 saturated carbocycles. The maximum atomic E-state index is 14.1. The van der Waals surface area contributed by atoms with E-state index in [9.17, 15) is 18.0 Å². The number of anilines is 1. The van der Waals surface area contributed by atoms with E-state index in [2.05, 4.69) is 43.0 Å². The Hall–Kier alpha value is -3.61. The van der Waals surface area contributed by atoms with Crippen LogP contribution in [0.4, 0.5) is 23.7 Å². The molecule has 4 aromatic rings. The van der Waals surface area contributed by atoms with Gasteiger partial charge < -0.3 is 24.8 Å². The number of halogens is 4. The number of carbonyl (C=O) groups is 1. The van der Waals surface area contributed by atoms with Crippen molar-refractivity contribution in [2.75, 3.05) is 44.6 Å². The Bertz CT molecular complexity index is 1670. The molecular formula is C32H34BrF3N6O2. The number of pyridine rings is 1. The highest BCUT2D eigenvalue weighted by Gasteiger charge is 2.35. The van der Waals surface area contributed by atoms with Crippen molar-refractivity contribution >= 4 is 38.7 Å². The second-order valence-electron chi connectivity index (χ2n) is 11.3. The molecule has 2 N–H and O–H groups in total. The molecule has 0 radical (unpaired) electrons. The molecule has 4 heterocycles. The summed E-state index contributed by atoms with van der Waals surface area (Å²) in [6.07, 6.45) is -0.477. The van der Waals surface area contributed by atoms with Gasteiger partial charge in [0.25, 0.3) is 0 Å². The number of alkyl halides is 3. The molecule has 2 aliphatic rings. The Balaban J connectivity index is 1.18. The van der Waals surface area contributed by atoms with Crippen LogP contribution in [0.3, 0.4) is 0 Å². The van der Waals surface area contributed by atoms with Crippen molar-refractivity contribution in [1.82, 2.24) is 24.7 Å². The number of nitrogens with zero attached hydrogens (tertiary/aromatic N) is 4. The van der Waals surface area contributed by atoms with Crippen molar-refractivity contribution < 1.29 is 22.7 Å². The molecule has 2 amide bonds. The summed E-state index contributed by atoms with van der Waals surface area (Å²) in [5, 5.41) is 3.57. The van der Waals surface area contributed by atoms with Crippen molar-refractivity contribution in [3.8, 4) is 11.5 Å². The smallest absolute Gasteiger partial charge is 0.416 e. The third-order valence-electron chi connectivity index (χ3n) is 8.61. The minimum atomic E-state index is -4.54. The van der Waals surface area contributed by atoms with Crippen molar-refractivity contribution in [2.45, 2.75) is 39.0 Å². The van der Waals surface area contributed by atoms with E-state index in [1.165, 1.54) is 6.07 Å². The predicted molar refractivity (Wildman–Crippen MR) is 167 cm³/mol. The molecule has 0 aliphatic carbocycles. The van der Waals surface area contributed by atoms with Crippen LogP contribution in [0.5, 0.6) is 11.5 Å². The van der Waals surface area contributed by atoms with E-state index in [1.54, 1.807) is 29.4 Å². The number of fused-ring (bicyclic) bond motifs is 2. The number of hydrogen-bond donors (Lipinski definition) is 2. The first-order valence-electron chi connectivity index (χ1n) is 14.8. The highest BCUT2D eigenvalue weighted by atomic mass is 79.9. The van der Waals surface area contributed by atoms with E-state index >= 15 is 0 Å². The zero-order valence-electron chi connectivity index (χ0n) is 24.5. The van der Waals surface area contributed by atoms with E-state index in [-0.39, 0.29) is 23.8 Å². The number of urea groups is 1. The number of likely N-dealkylation sites (N-methyl/N-ethyl adjacent to an activating group) is 1. The van der Waals surface area contributed by atoms with Crippen LogP contribution in [0.15, 0.2) is 59.3 Å². The van der Waals surface area contributed by atoms with Crippen LogP contribution in [0.25, 0.3) is 11.0 Å². The molecule has 0 bridgehead atoms. The number of carbonyl (C=O) groups excluding carboxylic acids is 1. The minimum Gasteiger partial charge on any atom is -0.455 e. The molecule has 8 nitrogen and oxygen atoms in total. The summed E-state index contributed by atoms with van der Waals surface area (Å²) in [4.78, 5) is 26.8. The molecule has 232 valence electrons. The van der Waals surface area contributed by atoms with E-state index in [1.807, 2.05) is 30.0 Å². The first-order valence-corrected chi connectivity index (χ1v) is 15.5. The molecule has 1 fully saturated rings. The molecule has 2 aromatic heterocycles. The number of ether oxygens (including phenoxy) is 1. The lowest BCUT2D eigenvalue weighted by Crippen LogP contribution is -2.45. The molecule has 0 spiro atoms. The molecular weight excluding hydrogens is 637 g/mol. The van der Waals surface area contributed by atoms with E-state index in [0.29, 0.717) is 30.1 Å². The van der Waals surface area contributed by atoms with Gasteiger partial charge in [-0.1, -0.05) is 13.0 Å². The van der Waals surface area contributed by atoms with Crippen LogP contribution in [-0.2, 0) is 19.1 Å². The van der Waals surface area contributed by atoms with Gasteiger partial charge in [0.2, 0.25) is 0 Å². The average molecular weight is 672 g/mol. The van der Waals surface area contributed by atoms with Crippen molar-refractivity contribution in [3.63, 3.8) is 0 Å². The van der Waals surface area contributed by atoms with Gasteiger partial charge in [0.05, 0.1) is 21.5 Å². The van der Waals surface area contributed by atoms with Gasteiger partial charge in [-0.3, -0.25) is 4.90 Å². The zero-order valence-corrected chi connectivity index (χ0v) is 26.1. The lowest BCUT2D eigenvalue weighted by atomic mass is 9.93. The van der Waals surface area contributed by atoms with Gasteiger partial charge in [0.15, 0.2) is 0 Å². The Morgan fingerprint density at radius 1 is 1.07 bits per heavy atom. The van der Waals surface area contributed by atoms with E-state index < -0.39 is 17.8 Å². The molecule has 44 heavy (non-hydrogen) atoms. The predicted octanol–water partition coefficient (Wildman–Crippen LogP) is 7.43. The number of aromatic amines is 1. The van der Waals surface area contributed by atoms with E-state index in [0.717, 1.165) is 59.8 Å². The Morgan fingerprint density at radius 2 is 1.84 bits per heavy atom. The van der Waals surface area contributed by atoms with Gasteiger partial charge >= 0.3 is 12.2 Å². The van der Waals surface area contributed by atoms with Crippen LogP contribution in [-0.4, -0.2) is 70.0 Å². The van der Waals surface area contributed by atoms with Gasteiger partial charge in [-0.2, -0.15) is 13.2 Å². The molecule has 2 aromatic carbocycles. The number of nitrogens with one attached hydrogen (secondary N) is 2. The number of aromatic nitrogens is 2. The topological polar surface area (TPSA) is 76.7 Å². The maximum Gasteiger partial charge on any atom is 0.416 e. The summed E-state index contributed by atoms with van der Waals surface area (Å²) in [5.41, 5.74) is 2.32. The van der Waals surface area contributed by atoms with Crippen molar-refractivity contribution in [3.05, 3.63) is 81.6 Å². The van der Waals surface area contributed by atoms with Crippen LogP contribution >= 0.6 is 15.9 Å². The number of piperazine rings is 1. The molecule has 12 heteroatoms. The molecule has 1 saturated heterocycles. The number of H-pyrrole nitrogens is 1. The Labute approximate surface area is 262 Å². The fourth-order valence-corrected chi connectivity index (χ4v) is 6.54. The van der Waals surface area contributed by atoms with Crippen LogP contribution in [0.2, 0.25) is 0 Å². The molecule has 1 unspecified atom stereocenters. The lowest BCUT2D eigenvalue weighted by molar-refractivity contribution is -0.138. The largest absolute Gasteiger partial charge is 0.455 e. The van der Waals surface area contributed by atoms with Crippen molar-refractivity contribution in [1.29, 1.82) is 0 Å². The van der Waals surface area contributed by atoms with Crippen molar-refractivity contribution in [2.24, 2.45) is 0 Å². The van der Waals surface area contributed by atoms with Crippen LogP contribution in [0, 0.1) is 0 Å². The molecule has 1 atom stereocenters. The third-order valence-corrected chi connectivity index (χ3v) is 9.23. The SMILES string of the molecule is CCN1CCN(Cc2ccc(NC(=O)N3CCc4cc(Br)c(Oc5ccnc6[nH]ccc56)cc4C3C)cc2C(F)(F)F)CC1. The summed E-state index contributed by atoms with van der Waals surface area (Å²) < 4.78 is 49.5. The second kappa shape index (κ2) is 12.4. The first-order chi connectivity index (χ1) is 21.1. The molecule has 6 rings (SSSR count). The van der Waals surface area contributed by atoms with E-state index in [4.69, 9.17) is 4.74 Å². The number of amides is 2. The van der Waals surface area contributed by atoms with Gasteiger partial charge in [0.1, 0.15) is 17.1 Å². The highest BCUT2D eigenvalue weighted by molar-refractivity contribution is 9.10. The lowest BCUT2D eigenvalue weighted by Gasteiger charge is -2.36. The normalized spacial score (nSPS) is 18.0. The third kappa shape index (κ3) is 6.29. The number of benzene rings is 2. The fourth-order valence-electron chi connectivity index (χ4n) is 6.07. The Morgan fingerprint density at radius 3 is 2.59 bits per heavy atom. The standard InChI is InChI=1S/C32H34BrF3N6O2/c1-3-40-12-14-41(15-13-40)19-22-4-5-23(17-26(22)32(34,35)36)39-31(43)42-11-8-21-16-27(33)29(18-25(21)20(42)2)44-28-7-10-38-30-24(28)6-9-37-30/h4-7,9-10,16-18,20H,3,8,11-15,19H2,1-2H3,(H,37,38)(H,39,43). The first kappa shape index (κ1) is 30.4. The average Bonchev–Trinajstić information content (AvgIpc) is 3.49. The van der Waals surface area contributed by atoms with Gasteiger partial charge in [-0.05, 0) is 88.9 Å². The summed E-state index contributed by atoms with van der Waals surface area (Å²) in [6, 6.07) is 10.9. The number of hydrogen-bond acceptors (Lipinski definition) is 5. The van der Waals surface area contributed by atoms with Gasteiger partial charge in [0, 0.05) is 57.3 Å². The summed E-state index contributed by atoms with van der Waals surface area (Å²) in [7, 11) is 0. The minimum absolute atomic E-state index is 0.118. The van der Waals surface area contributed by atoms with Gasteiger partial charge in [-0.15, -0.1) is 0 Å². The fraction of sp³-hybridized carbons (Fsp3) is 0.375. The second-order valence-corrected chi connectivity index (χ2v) is 12.1. The number of rotatable bonds is 6. The molecule has 2 aliphatic heterocycles. The maximum absolute atomic E-state index is 14.1. The highest BCUT2D eigenvalue weighted by Crippen LogP contribution is 2.40. The zero-order chi connectivity index (χ0) is 31.0. The quantitative estimate of drug-likeness (QED) is 0.223. The van der Waals surface area contributed by atoms with Crippen LogP contribution in [0.1, 0.15) is 42.1 Å². The summed E-state index contributed by atoms with van der Waals surface area (Å²) in [5.74, 6) is 1.23.